The molecule has 7 nitrogen and oxygen atoms in total. The van der Waals surface area contributed by atoms with Gasteiger partial charge in [0.25, 0.3) is 0 Å². The number of hydrogen-bond donors (Lipinski definition) is 1. The quantitative estimate of drug-likeness (QED) is 0.404. The van der Waals surface area contributed by atoms with Crippen LogP contribution in [0, 0.1) is 0 Å². The summed E-state index contributed by atoms with van der Waals surface area (Å²) < 4.78 is 16.3. The van der Waals surface area contributed by atoms with Gasteiger partial charge in [0, 0.05) is 4.91 Å². The molecule has 0 spiro atoms. The molecule has 1 N–H and O–H groups in total. The van der Waals surface area contributed by atoms with E-state index >= 15 is 0 Å². The lowest BCUT2D eigenvalue weighted by molar-refractivity contribution is -0.302. The van der Waals surface area contributed by atoms with Crippen LogP contribution in [0.4, 0.5) is 0 Å². The van der Waals surface area contributed by atoms with E-state index in [4.69, 9.17) is 19.7 Å². The van der Waals surface area contributed by atoms with Crippen molar-refractivity contribution in [3.63, 3.8) is 0 Å². The topological polar surface area (TPSA) is 96.7 Å². The van der Waals surface area contributed by atoms with E-state index in [1.807, 2.05) is 0 Å². The molecule has 4 unspecified atom stereocenters. The zero-order chi connectivity index (χ0) is 11.7. The molecule has 7 heteroatoms. The molecular formula is C9H15N3O4. The van der Waals surface area contributed by atoms with Gasteiger partial charge < -0.3 is 19.3 Å². The second-order valence-corrected chi connectivity index (χ2v) is 4.07. The van der Waals surface area contributed by atoms with Crippen molar-refractivity contribution in [3.05, 3.63) is 10.4 Å². The maximum Gasteiger partial charge on any atom is 0.155 e. The first-order valence-corrected chi connectivity index (χ1v) is 5.28. The maximum absolute atomic E-state index is 10.1. The number of nitrogens with zero attached hydrogens (tertiary/aromatic N) is 3. The Bertz CT molecular complexity index is 307. The van der Waals surface area contributed by atoms with E-state index in [-0.39, 0.29) is 18.5 Å². The van der Waals surface area contributed by atoms with Crippen molar-refractivity contribution in [2.45, 2.75) is 50.6 Å². The van der Waals surface area contributed by atoms with Crippen molar-refractivity contribution in [2.75, 3.05) is 6.61 Å². The average Bonchev–Trinajstić information content (AvgIpc) is 2.26. The maximum atomic E-state index is 10.1. The Kier molecular flexibility index (Phi) is 3.32. The van der Waals surface area contributed by atoms with E-state index in [1.165, 1.54) is 0 Å². The summed E-state index contributed by atoms with van der Waals surface area (Å²) in [6.07, 6.45) is -2.36. The summed E-state index contributed by atoms with van der Waals surface area (Å²) in [6.45, 7) is 3.90. The third-order valence-corrected chi connectivity index (χ3v) is 2.95. The molecule has 2 heterocycles. The Morgan fingerprint density at radius 1 is 1.38 bits per heavy atom. The lowest BCUT2D eigenvalue weighted by Crippen LogP contribution is -2.61. The number of fused-ring (bicyclic) bond motifs is 1. The molecule has 90 valence electrons. The monoisotopic (exact) mass is 229 g/mol. The number of rotatable bonds is 1. The predicted octanol–water partition coefficient (Wildman–Crippen LogP) is 0.575. The van der Waals surface area contributed by atoms with Gasteiger partial charge in [0.05, 0.1) is 24.9 Å². The van der Waals surface area contributed by atoms with Crippen molar-refractivity contribution >= 4 is 0 Å². The Morgan fingerprint density at radius 3 is 2.81 bits per heavy atom. The fourth-order valence-corrected chi connectivity index (χ4v) is 2.14. The molecule has 0 saturated carbocycles. The minimum absolute atomic E-state index is 0.300. The van der Waals surface area contributed by atoms with Gasteiger partial charge in [0.15, 0.2) is 6.29 Å². The largest absolute Gasteiger partial charge is 0.390 e. The van der Waals surface area contributed by atoms with Crippen LogP contribution in [0.25, 0.3) is 10.4 Å². The van der Waals surface area contributed by atoms with E-state index in [0.717, 1.165) is 0 Å². The third kappa shape index (κ3) is 2.00. The Labute approximate surface area is 92.9 Å². The highest BCUT2D eigenvalue weighted by Gasteiger charge is 2.46. The van der Waals surface area contributed by atoms with Crippen LogP contribution in [0.15, 0.2) is 5.11 Å². The van der Waals surface area contributed by atoms with Crippen LogP contribution in [0.1, 0.15) is 13.8 Å². The molecule has 2 aliphatic heterocycles. The van der Waals surface area contributed by atoms with Gasteiger partial charge in [-0.3, -0.25) is 0 Å². The smallest absolute Gasteiger partial charge is 0.155 e. The summed E-state index contributed by atoms with van der Waals surface area (Å²) in [7, 11) is 0. The van der Waals surface area contributed by atoms with Gasteiger partial charge in [-0.25, -0.2) is 0 Å². The molecule has 0 amide bonds. The fourth-order valence-electron chi connectivity index (χ4n) is 2.14. The number of aliphatic hydroxyl groups excluding tert-OH is 1. The SMILES string of the molecule is CC1OCC2OC(C)C(N=[N+]=[N-])[C@@H](O)[C@@H]2O1. The minimum atomic E-state index is -0.851. The van der Waals surface area contributed by atoms with Crippen molar-refractivity contribution in [2.24, 2.45) is 5.11 Å². The highest BCUT2D eigenvalue weighted by molar-refractivity contribution is 4.97. The van der Waals surface area contributed by atoms with Crippen LogP contribution in [-0.4, -0.2) is 48.5 Å². The van der Waals surface area contributed by atoms with Crippen LogP contribution in [-0.2, 0) is 14.2 Å². The molecule has 2 saturated heterocycles. The van der Waals surface area contributed by atoms with E-state index in [1.54, 1.807) is 13.8 Å². The second kappa shape index (κ2) is 4.57. The van der Waals surface area contributed by atoms with Gasteiger partial charge in [0.1, 0.15) is 12.2 Å². The normalized spacial score (nSPS) is 47.9. The molecule has 0 radical (unpaired) electrons. The fraction of sp³-hybridized carbons (Fsp3) is 1.00. The lowest BCUT2D eigenvalue weighted by Gasteiger charge is -2.45. The highest BCUT2D eigenvalue weighted by atomic mass is 16.7. The molecule has 2 aliphatic rings. The molecule has 0 aromatic heterocycles. The molecule has 0 bridgehead atoms. The summed E-state index contributed by atoms with van der Waals surface area (Å²) in [5.41, 5.74) is 8.43. The second-order valence-electron chi connectivity index (χ2n) is 4.07. The zero-order valence-electron chi connectivity index (χ0n) is 9.18. The predicted molar refractivity (Wildman–Crippen MR) is 53.6 cm³/mol. The van der Waals surface area contributed by atoms with Crippen LogP contribution in [0.2, 0.25) is 0 Å². The van der Waals surface area contributed by atoms with Crippen molar-refractivity contribution in [1.29, 1.82) is 0 Å². The minimum Gasteiger partial charge on any atom is -0.390 e. The molecule has 0 aromatic rings. The standard InChI is InChI=1S/C9H15N3O4/c1-4-7(11-12-10)8(13)9-6(15-4)3-14-5(2)16-9/h4-9,13H,3H2,1-2H3/t4?,5?,6?,7?,8-,9-/m1/s1. The van der Waals surface area contributed by atoms with Crippen molar-refractivity contribution in [3.8, 4) is 0 Å². The van der Waals surface area contributed by atoms with Crippen LogP contribution < -0.4 is 0 Å². The van der Waals surface area contributed by atoms with Crippen molar-refractivity contribution in [1.82, 2.24) is 0 Å². The summed E-state index contributed by atoms with van der Waals surface area (Å²) in [5.74, 6) is 0. The number of hydrogen-bond acceptors (Lipinski definition) is 5. The van der Waals surface area contributed by atoms with Gasteiger partial charge in [-0.05, 0) is 19.4 Å². The van der Waals surface area contributed by atoms with Gasteiger partial charge in [0.2, 0.25) is 0 Å². The average molecular weight is 229 g/mol. The van der Waals surface area contributed by atoms with Gasteiger partial charge in [-0.1, -0.05) is 5.11 Å². The van der Waals surface area contributed by atoms with E-state index in [0.29, 0.717) is 6.61 Å². The van der Waals surface area contributed by atoms with Gasteiger partial charge in [-0.2, -0.15) is 0 Å². The number of aliphatic hydroxyl groups is 1. The Hall–Kier alpha value is -0.850. The van der Waals surface area contributed by atoms with Crippen LogP contribution >= 0.6 is 0 Å². The molecular weight excluding hydrogens is 214 g/mol. The first-order valence-electron chi connectivity index (χ1n) is 5.28. The summed E-state index contributed by atoms with van der Waals surface area (Å²) >= 11 is 0. The summed E-state index contributed by atoms with van der Waals surface area (Å²) in [5, 5.41) is 13.6. The molecule has 2 rings (SSSR count). The molecule has 16 heavy (non-hydrogen) atoms. The van der Waals surface area contributed by atoms with Gasteiger partial charge in [-0.15, -0.1) is 0 Å². The van der Waals surface area contributed by atoms with E-state index in [2.05, 4.69) is 10.0 Å². The summed E-state index contributed by atoms with van der Waals surface area (Å²) in [6, 6.07) is -0.614. The van der Waals surface area contributed by atoms with Crippen LogP contribution in [0.3, 0.4) is 0 Å². The molecule has 0 aromatic carbocycles. The first-order chi connectivity index (χ1) is 7.63. The third-order valence-electron chi connectivity index (χ3n) is 2.95. The zero-order valence-corrected chi connectivity index (χ0v) is 9.18. The number of ether oxygens (including phenoxy) is 3. The van der Waals surface area contributed by atoms with Crippen molar-refractivity contribution < 1.29 is 19.3 Å². The highest BCUT2D eigenvalue weighted by Crippen LogP contribution is 2.29. The van der Waals surface area contributed by atoms with E-state index < -0.39 is 18.2 Å². The first kappa shape index (κ1) is 11.6. The Morgan fingerprint density at radius 2 is 2.12 bits per heavy atom. The summed E-state index contributed by atoms with van der Waals surface area (Å²) in [4.78, 5) is 2.72. The van der Waals surface area contributed by atoms with Gasteiger partial charge >= 0.3 is 0 Å². The molecule has 2 fully saturated rings. The molecule has 0 aliphatic carbocycles. The van der Waals surface area contributed by atoms with E-state index in [9.17, 15) is 5.11 Å². The Balaban J connectivity index is 2.14. The molecule has 6 atom stereocenters. The number of azide groups is 1. The lowest BCUT2D eigenvalue weighted by atomic mass is 9.93. The van der Waals surface area contributed by atoms with Crippen LogP contribution in [0.5, 0.6) is 0 Å².